The van der Waals surface area contributed by atoms with Gasteiger partial charge in [-0.2, -0.15) is 0 Å². The van der Waals surface area contributed by atoms with Gasteiger partial charge < -0.3 is 20.5 Å². The van der Waals surface area contributed by atoms with Crippen molar-refractivity contribution >= 4 is 23.3 Å². The van der Waals surface area contributed by atoms with Gasteiger partial charge in [0.15, 0.2) is 11.6 Å². The van der Waals surface area contributed by atoms with Crippen LogP contribution in [-0.2, 0) is 11.3 Å². The third kappa shape index (κ3) is 3.79. The Balaban J connectivity index is 1.27. The van der Waals surface area contributed by atoms with E-state index in [4.69, 9.17) is 26.8 Å². The number of methoxy groups -OCH3 is 1. The van der Waals surface area contributed by atoms with Crippen LogP contribution in [0.25, 0.3) is 11.1 Å². The summed E-state index contributed by atoms with van der Waals surface area (Å²) < 4.78 is 40.3. The van der Waals surface area contributed by atoms with Crippen LogP contribution >= 0.6 is 11.6 Å². The number of hydrogen-bond donors (Lipinski definition) is 2. The second-order valence-electron chi connectivity index (χ2n) is 9.30. The van der Waals surface area contributed by atoms with Gasteiger partial charge in [-0.15, -0.1) is 0 Å². The minimum Gasteiger partial charge on any atom is -0.496 e. The van der Waals surface area contributed by atoms with Crippen molar-refractivity contribution in [2.75, 3.05) is 12.8 Å². The lowest BCUT2D eigenvalue weighted by molar-refractivity contribution is 0.0857. The average molecular weight is 534 g/mol. The van der Waals surface area contributed by atoms with Crippen LogP contribution in [0.2, 0.25) is 5.02 Å². The van der Waals surface area contributed by atoms with Crippen molar-refractivity contribution in [3.05, 3.63) is 110 Å². The molecule has 1 amide bonds. The van der Waals surface area contributed by atoms with Gasteiger partial charge in [0.1, 0.15) is 23.8 Å². The summed E-state index contributed by atoms with van der Waals surface area (Å²) in [5.74, 6) is -1.44. The summed E-state index contributed by atoms with van der Waals surface area (Å²) in [6.07, 6.45) is -0.697. The van der Waals surface area contributed by atoms with Gasteiger partial charge in [-0.05, 0) is 65.1 Å². The summed E-state index contributed by atoms with van der Waals surface area (Å²) in [7, 11) is 1.54. The molecule has 0 fully saturated rings. The number of nitrogens with zero attached hydrogens (tertiary/aromatic N) is 1. The summed E-state index contributed by atoms with van der Waals surface area (Å²) in [6, 6.07) is 15.3. The summed E-state index contributed by atoms with van der Waals surface area (Å²) in [6.45, 7) is 2.02. The van der Waals surface area contributed by atoms with Gasteiger partial charge in [0.05, 0.1) is 12.1 Å². The van der Waals surface area contributed by atoms with Crippen molar-refractivity contribution in [3.8, 4) is 16.9 Å². The number of halogens is 3. The monoisotopic (exact) mass is 533 g/mol. The molecule has 0 saturated carbocycles. The Labute approximate surface area is 222 Å². The third-order valence-electron chi connectivity index (χ3n) is 7.14. The van der Waals surface area contributed by atoms with E-state index in [1.165, 1.54) is 19.2 Å². The number of aromatic nitrogens is 1. The molecule has 0 radical (unpaired) electrons. The molecule has 192 valence electrons. The van der Waals surface area contributed by atoms with Crippen LogP contribution in [0.3, 0.4) is 0 Å². The van der Waals surface area contributed by atoms with Crippen LogP contribution in [0.15, 0.2) is 54.6 Å². The number of nitrogens with one attached hydrogen (secondary N) is 1. The molecule has 2 bridgehead atoms. The van der Waals surface area contributed by atoms with Gasteiger partial charge in [-0.25, -0.2) is 13.8 Å². The van der Waals surface area contributed by atoms with Crippen LogP contribution in [0, 0.1) is 18.6 Å². The zero-order valence-electron chi connectivity index (χ0n) is 20.4. The molecule has 0 spiro atoms. The lowest BCUT2D eigenvalue weighted by Crippen LogP contribution is -2.24. The number of benzene rings is 3. The molecule has 2 unspecified atom stereocenters. The molecule has 6 rings (SSSR count). The highest BCUT2D eigenvalue weighted by atomic mass is 35.5. The number of hydrogen-bond acceptors (Lipinski definition) is 5. The summed E-state index contributed by atoms with van der Waals surface area (Å²) in [5.41, 5.74) is 12.0. The van der Waals surface area contributed by atoms with E-state index < -0.39 is 17.7 Å². The van der Waals surface area contributed by atoms with E-state index in [-0.39, 0.29) is 29.1 Å². The van der Waals surface area contributed by atoms with Gasteiger partial charge in [-0.3, -0.25) is 4.79 Å². The largest absolute Gasteiger partial charge is 0.496 e. The molecule has 0 aliphatic carbocycles. The molecule has 9 heteroatoms. The van der Waals surface area contributed by atoms with Crippen LogP contribution < -0.4 is 15.8 Å². The van der Waals surface area contributed by atoms with Crippen LogP contribution in [0.5, 0.6) is 5.75 Å². The molecular formula is C29H22ClF2N3O3. The number of nitrogens with two attached hydrogens (primary N) is 1. The lowest BCUT2D eigenvalue weighted by Gasteiger charge is -2.18. The molecule has 38 heavy (non-hydrogen) atoms. The highest BCUT2D eigenvalue weighted by Crippen LogP contribution is 2.55. The zero-order chi connectivity index (χ0) is 26.7. The molecule has 0 saturated heterocycles. The second-order valence-corrected chi connectivity index (χ2v) is 9.71. The van der Waals surface area contributed by atoms with Crippen molar-refractivity contribution < 1.29 is 23.0 Å². The Morgan fingerprint density at radius 3 is 2.50 bits per heavy atom. The number of fused-ring (bicyclic) bond motifs is 8. The van der Waals surface area contributed by atoms with E-state index in [0.717, 1.165) is 27.8 Å². The first kappa shape index (κ1) is 24.3. The van der Waals surface area contributed by atoms with Gasteiger partial charge in [-0.1, -0.05) is 29.8 Å². The summed E-state index contributed by atoms with van der Waals surface area (Å²) in [4.78, 5) is 17.3. The number of carbonyl (C=O) groups excluding carboxylic acids is 1. The molecule has 6 nitrogen and oxygen atoms in total. The maximum atomic E-state index is 14.6. The first-order chi connectivity index (χ1) is 18.3. The van der Waals surface area contributed by atoms with E-state index in [1.807, 2.05) is 24.3 Å². The minimum absolute atomic E-state index is 0.119. The predicted octanol–water partition coefficient (Wildman–Crippen LogP) is 6.03. The molecule has 3 N–H and O–H groups in total. The molecular weight excluding hydrogens is 512 g/mol. The highest BCUT2D eigenvalue weighted by Gasteiger charge is 2.43. The smallest absolute Gasteiger partial charge is 0.251 e. The number of rotatable bonds is 5. The predicted molar refractivity (Wildman–Crippen MR) is 139 cm³/mol. The van der Waals surface area contributed by atoms with Crippen molar-refractivity contribution in [1.29, 1.82) is 0 Å². The Morgan fingerprint density at radius 2 is 1.74 bits per heavy atom. The number of pyridine rings is 1. The number of ether oxygens (including phenoxy) is 2. The molecule has 2 aliphatic heterocycles. The second kappa shape index (κ2) is 9.08. The Bertz CT molecular complexity index is 1640. The number of aryl methyl sites for hydroxylation is 1. The van der Waals surface area contributed by atoms with Crippen molar-refractivity contribution in [2.24, 2.45) is 0 Å². The van der Waals surface area contributed by atoms with Crippen molar-refractivity contribution in [3.63, 3.8) is 0 Å². The highest BCUT2D eigenvalue weighted by molar-refractivity contribution is 6.30. The standard InChI is InChI=1S/C29H22ClF2N3O3/c1-13-21(23(37-2)11-24(33)35-13)12-34-29(36)15-4-6-18-20(10-15)28-19-9-14(3-5-17(19)27(18)38-28)16-7-8-22(30)26(32)25(16)31/h3-11,27-28H,12H2,1-2H3,(H2,33,35)(H,34,36). The normalized spacial score (nSPS) is 16.8. The SMILES string of the molecule is COc1cc(N)nc(C)c1CNC(=O)c1ccc2c(c1)C1OC2c2ccc(-c3ccc(Cl)c(F)c3F)cc21. The first-order valence-electron chi connectivity index (χ1n) is 11.9. The average Bonchev–Trinajstić information content (AvgIpc) is 3.47. The summed E-state index contributed by atoms with van der Waals surface area (Å²) >= 11 is 5.72. The van der Waals surface area contributed by atoms with Crippen LogP contribution in [0.1, 0.15) is 56.1 Å². The van der Waals surface area contributed by atoms with E-state index in [1.54, 1.807) is 25.1 Å². The fraction of sp³-hybridized carbons (Fsp3) is 0.172. The van der Waals surface area contributed by atoms with E-state index in [0.29, 0.717) is 28.4 Å². The number of carbonyl (C=O) groups is 1. The quantitative estimate of drug-likeness (QED) is 0.306. The van der Waals surface area contributed by atoms with Gasteiger partial charge in [0, 0.05) is 35.0 Å². The van der Waals surface area contributed by atoms with E-state index in [2.05, 4.69) is 10.3 Å². The number of amides is 1. The molecule has 2 atom stereocenters. The Morgan fingerprint density at radius 1 is 1.03 bits per heavy atom. The fourth-order valence-electron chi connectivity index (χ4n) is 5.26. The summed E-state index contributed by atoms with van der Waals surface area (Å²) in [5, 5.41) is 2.66. The lowest BCUT2D eigenvalue weighted by atomic mass is 9.83. The van der Waals surface area contributed by atoms with Gasteiger partial charge >= 0.3 is 0 Å². The van der Waals surface area contributed by atoms with Gasteiger partial charge in [0.25, 0.3) is 5.91 Å². The maximum absolute atomic E-state index is 14.6. The molecule has 4 aromatic rings. The number of anilines is 1. The van der Waals surface area contributed by atoms with Crippen molar-refractivity contribution in [2.45, 2.75) is 25.7 Å². The third-order valence-corrected chi connectivity index (χ3v) is 7.43. The van der Waals surface area contributed by atoms with E-state index in [9.17, 15) is 13.6 Å². The molecule has 2 aliphatic rings. The first-order valence-corrected chi connectivity index (χ1v) is 12.3. The van der Waals surface area contributed by atoms with Gasteiger partial charge in [0.2, 0.25) is 0 Å². The minimum atomic E-state index is -1.08. The van der Waals surface area contributed by atoms with Crippen LogP contribution in [0.4, 0.5) is 14.6 Å². The fourth-order valence-corrected chi connectivity index (χ4v) is 5.41. The van der Waals surface area contributed by atoms with E-state index >= 15 is 0 Å². The molecule has 3 aromatic carbocycles. The Kier molecular flexibility index (Phi) is 5.81. The maximum Gasteiger partial charge on any atom is 0.251 e. The topological polar surface area (TPSA) is 86.5 Å². The number of nitrogen functional groups attached to an aromatic ring is 1. The zero-order valence-corrected chi connectivity index (χ0v) is 21.2. The molecule has 3 heterocycles. The van der Waals surface area contributed by atoms with Crippen molar-refractivity contribution in [1.82, 2.24) is 10.3 Å². The molecule has 1 aromatic heterocycles. The van der Waals surface area contributed by atoms with Crippen LogP contribution in [-0.4, -0.2) is 18.0 Å². The Hall–Kier alpha value is -4.01.